The van der Waals surface area contributed by atoms with Gasteiger partial charge in [-0.1, -0.05) is 35.9 Å². The van der Waals surface area contributed by atoms with Crippen LogP contribution >= 0.6 is 11.6 Å². The lowest BCUT2D eigenvalue weighted by atomic mass is 10.0. The molecule has 2 heterocycles. The molecule has 5 rings (SSSR count). The van der Waals surface area contributed by atoms with Crippen LogP contribution in [0.2, 0.25) is 5.02 Å². The Morgan fingerprint density at radius 2 is 1.84 bits per heavy atom. The maximum Gasteiger partial charge on any atom is 0.323 e. The minimum atomic E-state index is -1.17. The second kappa shape index (κ2) is 14.1. The number of aliphatic hydroxyl groups is 1. The van der Waals surface area contributed by atoms with Crippen molar-refractivity contribution in [3.05, 3.63) is 99.8 Å². The van der Waals surface area contributed by atoms with Crippen LogP contribution in [0.3, 0.4) is 0 Å². The molecule has 10 nitrogen and oxygen atoms in total. The number of ether oxygens (including phenoxy) is 4. The monoisotopic (exact) mass is 615 g/mol. The molecule has 1 aliphatic rings. The molecule has 0 spiro atoms. The lowest BCUT2D eigenvalue weighted by Gasteiger charge is -2.20. The van der Waals surface area contributed by atoms with Crippen LogP contribution in [0, 0.1) is 18.3 Å². The summed E-state index contributed by atoms with van der Waals surface area (Å²) < 4.78 is 23.7. The highest BCUT2D eigenvalue weighted by atomic mass is 35.5. The molecule has 0 amide bonds. The van der Waals surface area contributed by atoms with Crippen molar-refractivity contribution in [3.8, 4) is 40.2 Å². The molecular weight excluding hydrogens is 586 g/mol. The second-order valence-corrected chi connectivity index (χ2v) is 10.5. The number of benzene rings is 3. The highest BCUT2D eigenvalue weighted by molar-refractivity contribution is 6.34. The number of aliphatic carboxylic acids is 1. The Balaban J connectivity index is 1.37. The first-order chi connectivity index (χ1) is 21.4. The van der Waals surface area contributed by atoms with Crippen LogP contribution < -0.4 is 24.3 Å². The zero-order chi connectivity index (χ0) is 31.1. The smallest absolute Gasteiger partial charge is 0.323 e. The zero-order valence-corrected chi connectivity index (χ0v) is 24.6. The molecule has 0 bridgehead atoms. The van der Waals surface area contributed by atoms with E-state index < -0.39 is 18.6 Å². The summed E-state index contributed by atoms with van der Waals surface area (Å²) in [5.74, 6) is 1.20. The number of aryl methyl sites for hydroxylation is 1. The van der Waals surface area contributed by atoms with E-state index in [9.17, 15) is 20.3 Å². The Hall–Kier alpha value is -4.82. The van der Waals surface area contributed by atoms with Crippen molar-refractivity contribution in [2.24, 2.45) is 0 Å². The maximum absolute atomic E-state index is 11.4. The number of aliphatic hydroxyl groups excluding tert-OH is 1. The molecule has 3 aromatic carbocycles. The average molecular weight is 616 g/mol. The van der Waals surface area contributed by atoms with E-state index in [1.54, 1.807) is 18.3 Å². The minimum absolute atomic E-state index is 0.115. The van der Waals surface area contributed by atoms with E-state index in [-0.39, 0.29) is 19.8 Å². The molecule has 4 aromatic rings. The van der Waals surface area contributed by atoms with Crippen LogP contribution in [-0.4, -0.2) is 47.0 Å². The SMILES string of the molecule is Cc1cc(CN[C@@H](CO)C(=O)O)c(OCc2cncc(C#N)c2)cc1OCc1cccc(-c2ccc3c(c2)OCCO3)c1Cl. The number of carbonyl (C=O) groups is 1. The van der Waals surface area contributed by atoms with Crippen molar-refractivity contribution in [2.75, 3.05) is 19.8 Å². The van der Waals surface area contributed by atoms with Gasteiger partial charge in [0.05, 0.1) is 17.2 Å². The summed E-state index contributed by atoms with van der Waals surface area (Å²) in [6.45, 7) is 2.72. The summed E-state index contributed by atoms with van der Waals surface area (Å²) in [5.41, 5.74) is 5.04. The predicted molar refractivity (Wildman–Crippen MR) is 162 cm³/mol. The standard InChI is InChI=1S/C33H30ClN3O7/c1-20-9-25(16-37-27(17-38)33(39)40)30(43-18-22-10-21(13-35)14-36-15-22)12-29(20)44-19-24-3-2-4-26(32(24)34)23-5-6-28-31(11-23)42-8-7-41-28/h2-6,9-12,14-15,27,37-38H,7-8,16-19H2,1H3,(H,39,40)/t27-/m0/s1. The number of hydrogen-bond donors (Lipinski definition) is 3. The normalized spacial score (nSPS) is 12.7. The van der Waals surface area contributed by atoms with Crippen molar-refractivity contribution in [1.29, 1.82) is 5.26 Å². The van der Waals surface area contributed by atoms with E-state index in [0.717, 1.165) is 22.3 Å². The highest BCUT2D eigenvalue weighted by Gasteiger charge is 2.19. The second-order valence-electron chi connectivity index (χ2n) is 10.1. The lowest BCUT2D eigenvalue weighted by molar-refractivity contribution is -0.140. The largest absolute Gasteiger partial charge is 0.488 e. The van der Waals surface area contributed by atoms with Gasteiger partial charge in [-0.25, -0.2) is 0 Å². The molecule has 0 saturated carbocycles. The third-order valence-corrected chi connectivity index (χ3v) is 7.46. The fraction of sp³-hybridized carbons (Fsp3) is 0.242. The van der Waals surface area contributed by atoms with Crippen LogP contribution in [-0.2, 0) is 24.6 Å². The molecule has 1 aromatic heterocycles. The number of nitrogens with zero attached hydrogens (tertiary/aromatic N) is 2. The number of fused-ring (bicyclic) bond motifs is 1. The van der Waals surface area contributed by atoms with Gasteiger partial charge in [-0.2, -0.15) is 5.26 Å². The van der Waals surface area contributed by atoms with E-state index in [4.69, 9.17) is 30.5 Å². The summed E-state index contributed by atoms with van der Waals surface area (Å²) in [7, 11) is 0. The van der Waals surface area contributed by atoms with E-state index in [0.29, 0.717) is 57.9 Å². The van der Waals surface area contributed by atoms with E-state index in [2.05, 4.69) is 16.4 Å². The number of rotatable bonds is 12. The molecule has 1 atom stereocenters. The van der Waals surface area contributed by atoms with Crippen molar-refractivity contribution < 1.29 is 34.0 Å². The third-order valence-electron chi connectivity index (χ3n) is 7.01. The van der Waals surface area contributed by atoms with Crippen LogP contribution in [0.25, 0.3) is 11.1 Å². The topological polar surface area (TPSA) is 143 Å². The minimum Gasteiger partial charge on any atom is -0.488 e. The van der Waals surface area contributed by atoms with Gasteiger partial charge in [-0.3, -0.25) is 15.1 Å². The number of halogens is 1. The van der Waals surface area contributed by atoms with Crippen LogP contribution in [0.1, 0.15) is 27.8 Å². The first-order valence-corrected chi connectivity index (χ1v) is 14.2. The molecule has 44 heavy (non-hydrogen) atoms. The van der Waals surface area contributed by atoms with Gasteiger partial charge in [-0.15, -0.1) is 0 Å². The predicted octanol–water partition coefficient (Wildman–Crippen LogP) is 5.05. The summed E-state index contributed by atoms with van der Waals surface area (Å²) >= 11 is 6.86. The van der Waals surface area contributed by atoms with Crippen molar-refractivity contribution >= 4 is 17.6 Å². The summed E-state index contributed by atoms with van der Waals surface area (Å²) in [6.07, 6.45) is 3.07. The van der Waals surface area contributed by atoms with Gasteiger partial charge in [0.1, 0.15) is 50.0 Å². The molecule has 0 saturated heterocycles. The zero-order valence-electron chi connectivity index (χ0n) is 23.9. The molecule has 11 heteroatoms. The van der Waals surface area contributed by atoms with E-state index in [1.165, 1.54) is 6.20 Å². The van der Waals surface area contributed by atoms with E-state index >= 15 is 0 Å². The van der Waals surface area contributed by atoms with Crippen molar-refractivity contribution in [1.82, 2.24) is 10.3 Å². The van der Waals surface area contributed by atoms with Gasteiger partial charge in [0, 0.05) is 47.3 Å². The Kier molecular flexibility index (Phi) is 9.82. The summed E-state index contributed by atoms with van der Waals surface area (Å²) in [6, 6.07) is 17.6. The number of carboxylic acid groups (broad SMARTS) is 1. The highest BCUT2D eigenvalue weighted by Crippen LogP contribution is 2.38. The number of pyridine rings is 1. The number of aromatic nitrogens is 1. The molecule has 0 unspecified atom stereocenters. The molecule has 0 fully saturated rings. The van der Waals surface area contributed by atoms with Gasteiger partial charge in [0.25, 0.3) is 0 Å². The van der Waals surface area contributed by atoms with Crippen molar-refractivity contribution in [3.63, 3.8) is 0 Å². The molecule has 226 valence electrons. The Bertz CT molecular complexity index is 1710. The molecular formula is C33H30ClN3O7. The fourth-order valence-corrected chi connectivity index (χ4v) is 4.98. The number of nitriles is 1. The summed E-state index contributed by atoms with van der Waals surface area (Å²) in [4.78, 5) is 15.5. The molecule has 0 radical (unpaired) electrons. The van der Waals surface area contributed by atoms with E-state index in [1.807, 2.05) is 49.4 Å². The summed E-state index contributed by atoms with van der Waals surface area (Å²) in [5, 5.41) is 31.4. The molecule has 3 N–H and O–H groups in total. The fourth-order valence-electron chi connectivity index (χ4n) is 4.69. The van der Waals surface area contributed by atoms with Crippen LogP contribution in [0.5, 0.6) is 23.0 Å². The molecule has 0 aliphatic carbocycles. The lowest BCUT2D eigenvalue weighted by Crippen LogP contribution is -2.39. The molecule has 1 aliphatic heterocycles. The Labute approximate surface area is 259 Å². The van der Waals surface area contributed by atoms with Crippen molar-refractivity contribution in [2.45, 2.75) is 32.7 Å². The number of hydrogen-bond acceptors (Lipinski definition) is 9. The average Bonchev–Trinajstić information content (AvgIpc) is 3.04. The Morgan fingerprint density at radius 1 is 1.05 bits per heavy atom. The van der Waals surface area contributed by atoms with Gasteiger partial charge < -0.3 is 29.2 Å². The first-order valence-electron chi connectivity index (χ1n) is 13.8. The third kappa shape index (κ3) is 7.21. The van der Waals surface area contributed by atoms with Crippen LogP contribution in [0.15, 0.2) is 67.0 Å². The maximum atomic E-state index is 11.4. The van der Waals surface area contributed by atoms with Gasteiger partial charge in [-0.05, 0) is 42.3 Å². The first kappa shape index (κ1) is 30.6. The number of nitrogens with one attached hydrogen (secondary N) is 1. The van der Waals surface area contributed by atoms with Gasteiger partial charge in [0.2, 0.25) is 0 Å². The number of carboxylic acids is 1. The van der Waals surface area contributed by atoms with Gasteiger partial charge >= 0.3 is 5.97 Å². The van der Waals surface area contributed by atoms with Gasteiger partial charge in [0.15, 0.2) is 11.5 Å². The quantitative estimate of drug-likeness (QED) is 0.198. The Morgan fingerprint density at radius 3 is 2.61 bits per heavy atom. The van der Waals surface area contributed by atoms with Crippen LogP contribution in [0.4, 0.5) is 0 Å².